The van der Waals surface area contributed by atoms with E-state index >= 15 is 0 Å². The van der Waals surface area contributed by atoms with Crippen LogP contribution in [-0.2, 0) is 14.8 Å². The standard InChI is InChI=1S/C13H19NO3S/c1-10(2)12(9-15)8-14-18(16,17)13-6-4-11(3)5-7-13/h4-7,9-10,12,14H,8H2,1-3H3. The largest absolute Gasteiger partial charge is 0.303 e. The molecule has 100 valence electrons. The van der Waals surface area contributed by atoms with Gasteiger partial charge in [0, 0.05) is 12.5 Å². The molecule has 0 aliphatic rings. The van der Waals surface area contributed by atoms with Gasteiger partial charge in [-0.15, -0.1) is 0 Å². The summed E-state index contributed by atoms with van der Waals surface area (Å²) in [5, 5.41) is 0. The van der Waals surface area contributed by atoms with Crippen molar-refractivity contribution in [1.29, 1.82) is 0 Å². The summed E-state index contributed by atoms with van der Waals surface area (Å²) in [4.78, 5) is 11.0. The lowest BCUT2D eigenvalue weighted by molar-refractivity contribution is -0.111. The molecule has 1 N–H and O–H groups in total. The molecular formula is C13H19NO3S. The molecule has 0 aromatic heterocycles. The smallest absolute Gasteiger partial charge is 0.240 e. The quantitative estimate of drug-likeness (QED) is 0.800. The monoisotopic (exact) mass is 269 g/mol. The molecule has 4 nitrogen and oxygen atoms in total. The van der Waals surface area contributed by atoms with E-state index < -0.39 is 10.0 Å². The third-order valence-electron chi connectivity index (χ3n) is 2.87. The van der Waals surface area contributed by atoms with Crippen LogP contribution in [0.2, 0.25) is 0 Å². The first kappa shape index (κ1) is 14.9. The Kier molecular flexibility index (Phi) is 5.04. The first-order valence-corrected chi connectivity index (χ1v) is 7.36. The number of aldehydes is 1. The van der Waals surface area contributed by atoms with Crippen LogP contribution >= 0.6 is 0 Å². The van der Waals surface area contributed by atoms with Gasteiger partial charge in [-0.25, -0.2) is 13.1 Å². The molecule has 0 saturated heterocycles. The summed E-state index contributed by atoms with van der Waals surface area (Å²) in [6.07, 6.45) is 0.794. The second-order valence-corrected chi connectivity index (χ2v) is 6.48. The highest BCUT2D eigenvalue weighted by Crippen LogP contribution is 2.12. The Balaban J connectivity index is 2.76. The van der Waals surface area contributed by atoms with Crippen LogP contribution in [0.1, 0.15) is 19.4 Å². The van der Waals surface area contributed by atoms with Crippen LogP contribution in [0.25, 0.3) is 0 Å². The molecule has 0 spiro atoms. The molecule has 0 aliphatic heterocycles. The lowest BCUT2D eigenvalue weighted by atomic mass is 9.98. The Bertz CT molecular complexity index is 491. The van der Waals surface area contributed by atoms with E-state index in [0.29, 0.717) is 0 Å². The van der Waals surface area contributed by atoms with Crippen molar-refractivity contribution in [2.45, 2.75) is 25.7 Å². The van der Waals surface area contributed by atoms with E-state index in [2.05, 4.69) is 4.72 Å². The molecule has 1 rings (SSSR count). The fourth-order valence-corrected chi connectivity index (χ4v) is 2.52. The highest BCUT2D eigenvalue weighted by atomic mass is 32.2. The summed E-state index contributed by atoms with van der Waals surface area (Å²) in [5.74, 6) is -0.187. The van der Waals surface area contributed by atoms with E-state index in [0.717, 1.165) is 11.8 Å². The number of benzene rings is 1. The summed E-state index contributed by atoms with van der Waals surface area (Å²) in [6.45, 7) is 5.81. The van der Waals surface area contributed by atoms with Crippen LogP contribution in [0, 0.1) is 18.8 Å². The van der Waals surface area contributed by atoms with Crippen molar-refractivity contribution in [2.24, 2.45) is 11.8 Å². The van der Waals surface area contributed by atoms with Crippen molar-refractivity contribution in [3.05, 3.63) is 29.8 Å². The SMILES string of the molecule is Cc1ccc(S(=O)(=O)NCC(C=O)C(C)C)cc1. The zero-order chi connectivity index (χ0) is 13.8. The van der Waals surface area contributed by atoms with Crippen molar-refractivity contribution >= 4 is 16.3 Å². The number of sulfonamides is 1. The Hall–Kier alpha value is -1.20. The molecule has 0 radical (unpaired) electrons. The van der Waals surface area contributed by atoms with Gasteiger partial charge in [-0.2, -0.15) is 0 Å². The van der Waals surface area contributed by atoms with Crippen molar-refractivity contribution < 1.29 is 13.2 Å². The Labute approximate surface area is 108 Å². The highest BCUT2D eigenvalue weighted by molar-refractivity contribution is 7.89. The van der Waals surface area contributed by atoms with Gasteiger partial charge in [0.2, 0.25) is 10.0 Å². The van der Waals surface area contributed by atoms with Crippen LogP contribution in [0.15, 0.2) is 29.2 Å². The van der Waals surface area contributed by atoms with Crippen LogP contribution < -0.4 is 4.72 Å². The number of rotatable bonds is 6. The zero-order valence-electron chi connectivity index (χ0n) is 10.9. The molecule has 0 bridgehead atoms. The van der Waals surface area contributed by atoms with Crippen LogP contribution in [-0.4, -0.2) is 21.2 Å². The zero-order valence-corrected chi connectivity index (χ0v) is 11.7. The normalized spacial score (nSPS) is 13.6. The van der Waals surface area contributed by atoms with Gasteiger partial charge >= 0.3 is 0 Å². The molecule has 1 aromatic rings. The van der Waals surface area contributed by atoms with Gasteiger partial charge in [-0.3, -0.25) is 0 Å². The molecule has 0 amide bonds. The average Bonchev–Trinajstić information content (AvgIpc) is 2.29. The minimum Gasteiger partial charge on any atom is -0.303 e. The lowest BCUT2D eigenvalue weighted by Crippen LogP contribution is -2.32. The molecule has 0 heterocycles. The van der Waals surface area contributed by atoms with Crippen molar-refractivity contribution in [3.63, 3.8) is 0 Å². The predicted octanol–water partition coefficient (Wildman–Crippen LogP) is 1.74. The van der Waals surface area contributed by atoms with E-state index in [-0.39, 0.29) is 23.3 Å². The second kappa shape index (κ2) is 6.11. The molecule has 1 unspecified atom stereocenters. The number of hydrogen-bond donors (Lipinski definition) is 1. The Morgan fingerprint density at radius 3 is 2.22 bits per heavy atom. The van der Waals surface area contributed by atoms with E-state index in [9.17, 15) is 13.2 Å². The summed E-state index contributed by atoms with van der Waals surface area (Å²) in [6, 6.07) is 6.61. The maximum absolute atomic E-state index is 12.0. The van der Waals surface area contributed by atoms with Gasteiger partial charge < -0.3 is 4.79 Å². The van der Waals surface area contributed by atoms with Gasteiger partial charge in [0.15, 0.2) is 0 Å². The van der Waals surface area contributed by atoms with Crippen LogP contribution in [0.5, 0.6) is 0 Å². The van der Waals surface area contributed by atoms with Crippen molar-refractivity contribution in [2.75, 3.05) is 6.54 Å². The van der Waals surface area contributed by atoms with Crippen LogP contribution in [0.3, 0.4) is 0 Å². The molecule has 18 heavy (non-hydrogen) atoms. The number of carbonyl (C=O) groups is 1. The van der Waals surface area contributed by atoms with E-state index in [4.69, 9.17) is 0 Å². The van der Waals surface area contributed by atoms with Gasteiger partial charge in [0.25, 0.3) is 0 Å². The first-order chi connectivity index (χ1) is 8.36. The average molecular weight is 269 g/mol. The topological polar surface area (TPSA) is 63.2 Å². The fraction of sp³-hybridized carbons (Fsp3) is 0.462. The minimum absolute atomic E-state index is 0.114. The fourth-order valence-electron chi connectivity index (χ4n) is 1.45. The molecule has 5 heteroatoms. The Morgan fingerprint density at radius 2 is 1.78 bits per heavy atom. The third-order valence-corrected chi connectivity index (χ3v) is 4.31. The van der Waals surface area contributed by atoms with Gasteiger partial charge in [0.1, 0.15) is 6.29 Å². The molecule has 0 saturated carbocycles. The summed E-state index contributed by atoms with van der Waals surface area (Å²) < 4.78 is 26.4. The van der Waals surface area contributed by atoms with Gasteiger partial charge in [-0.1, -0.05) is 31.5 Å². The van der Waals surface area contributed by atoms with Gasteiger partial charge in [-0.05, 0) is 25.0 Å². The molecule has 1 aromatic carbocycles. The van der Waals surface area contributed by atoms with E-state index in [1.54, 1.807) is 24.3 Å². The van der Waals surface area contributed by atoms with Crippen molar-refractivity contribution in [1.82, 2.24) is 4.72 Å². The molecular weight excluding hydrogens is 250 g/mol. The second-order valence-electron chi connectivity index (χ2n) is 4.71. The minimum atomic E-state index is -3.52. The highest BCUT2D eigenvalue weighted by Gasteiger charge is 2.18. The van der Waals surface area contributed by atoms with Crippen molar-refractivity contribution in [3.8, 4) is 0 Å². The predicted molar refractivity (Wildman–Crippen MR) is 70.8 cm³/mol. The summed E-state index contributed by atoms with van der Waals surface area (Å²) in [5.41, 5.74) is 1.00. The summed E-state index contributed by atoms with van der Waals surface area (Å²) in [7, 11) is -3.52. The molecule has 1 atom stereocenters. The van der Waals surface area contributed by atoms with Gasteiger partial charge in [0.05, 0.1) is 4.90 Å². The number of hydrogen-bond acceptors (Lipinski definition) is 3. The maximum Gasteiger partial charge on any atom is 0.240 e. The molecule has 0 fully saturated rings. The van der Waals surface area contributed by atoms with E-state index in [1.165, 1.54) is 0 Å². The molecule has 0 aliphatic carbocycles. The first-order valence-electron chi connectivity index (χ1n) is 5.88. The number of carbonyl (C=O) groups excluding carboxylic acids is 1. The third kappa shape index (κ3) is 3.92. The maximum atomic E-state index is 12.0. The lowest BCUT2D eigenvalue weighted by Gasteiger charge is -2.15. The van der Waals surface area contributed by atoms with E-state index in [1.807, 2.05) is 20.8 Å². The number of nitrogens with one attached hydrogen (secondary N) is 1. The Morgan fingerprint density at radius 1 is 1.22 bits per heavy atom. The summed E-state index contributed by atoms with van der Waals surface area (Å²) >= 11 is 0. The number of aryl methyl sites for hydroxylation is 1. The van der Waals surface area contributed by atoms with Crippen LogP contribution in [0.4, 0.5) is 0 Å².